The minimum Gasteiger partial charge on any atom is -0.480 e. The number of ether oxygens (including phenoxy) is 1. The lowest BCUT2D eigenvalue weighted by atomic mass is 10.3. The molecule has 0 spiro atoms. The van der Waals surface area contributed by atoms with Gasteiger partial charge in [0.2, 0.25) is 11.8 Å². The first kappa shape index (κ1) is 13.5. The van der Waals surface area contributed by atoms with Crippen molar-refractivity contribution in [2.24, 2.45) is 0 Å². The average molecular weight is 298 g/mol. The number of para-hydroxylation sites is 1. The zero-order chi connectivity index (χ0) is 14.7. The maximum absolute atomic E-state index is 5.30. The highest BCUT2D eigenvalue weighted by Gasteiger charge is 2.13. The first-order chi connectivity index (χ1) is 10.3. The van der Waals surface area contributed by atoms with Gasteiger partial charge < -0.3 is 10.1 Å². The SMILES string of the molecule is COc1nc(C)sc1-c1ccnc(Nc2ccccc2)n1. The molecule has 3 aromatic rings. The van der Waals surface area contributed by atoms with E-state index in [1.54, 1.807) is 24.6 Å². The number of anilines is 2. The molecule has 106 valence electrons. The van der Waals surface area contributed by atoms with Crippen molar-refractivity contribution in [2.75, 3.05) is 12.4 Å². The van der Waals surface area contributed by atoms with Gasteiger partial charge in [-0.2, -0.15) is 0 Å². The molecule has 21 heavy (non-hydrogen) atoms. The average Bonchev–Trinajstić information content (AvgIpc) is 2.90. The van der Waals surface area contributed by atoms with Crippen LogP contribution in [0.3, 0.4) is 0 Å². The summed E-state index contributed by atoms with van der Waals surface area (Å²) in [5.74, 6) is 1.15. The van der Waals surface area contributed by atoms with Crippen LogP contribution in [0.2, 0.25) is 0 Å². The van der Waals surface area contributed by atoms with Crippen molar-refractivity contribution in [3.8, 4) is 16.5 Å². The van der Waals surface area contributed by atoms with Crippen LogP contribution in [0.4, 0.5) is 11.6 Å². The second-order valence-corrected chi connectivity index (χ2v) is 5.53. The molecule has 0 aliphatic heterocycles. The fourth-order valence-corrected chi connectivity index (χ4v) is 2.76. The van der Waals surface area contributed by atoms with E-state index < -0.39 is 0 Å². The third-order valence-electron chi connectivity index (χ3n) is 2.81. The van der Waals surface area contributed by atoms with Gasteiger partial charge in [0.15, 0.2) is 0 Å². The molecule has 0 atom stereocenters. The minimum atomic E-state index is 0.548. The highest BCUT2D eigenvalue weighted by atomic mass is 32.1. The van der Waals surface area contributed by atoms with Crippen molar-refractivity contribution >= 4 is 23.0 Å². The Bertz CT molecular complexity index is 742. The van der Waals surface area contributed by atoms with E-state index in [4.69, 9.17) is 4.74 Å². The molecule has 1 aromatic carbocycles. The molecule has 2 aromatic heterocycles. The van der Waals surface area contributed by atoms with E-state index in [9.17, 15) is 0 Å². The van der Waals surface area contributed by atoms with Gasteiger partial charge in [-0.25, -0.2) is 15.0 Å². The zero-order valence-corrected chi connectivity index (χ0v) is 12.5. The Kier molecular flexibility index (Phi) is 3.79. The molecule has 0 aliphatic carbocycles. The predicted octanol–water partition coefficient (Wildman–Crippen LogP) is 3.66. The molecule has 0 fully saturated rings. The van der Waals surface area contributed by atoms with Gasteiger partial charge in [-0.05, 0) is 25.1 Å². The van der Waals surface area contributed by atoms with Gasteiger partial charge in [-0.15, -0.1) is 11.3 Å². The van der Waals surface area contributed by atoms with E-state index in [1.165, 1.54) is 0 Å². The number of methoxy groups -OCH3 is 1. The van der Waals surface area contributed by atoms with Crippen LogP contribution in [0, 0.1) is 6.92 Å². The number of hydrogen-bond donors (Lipinski definition) is 1. The first-order valence-electron chi connectivity index (χ1n) is 6.43. The van der Waals surface area contributed by atoms with Gasteiger partial charge in [0.25, 0.3) is 0 Å². The van der Waals surface area contributed by atoms with Crippen molar-refractivity contribution in [1.29, 1.82) is 0 Å². The van der Waals surface area contributed by atoms with Crippen LogP contribution < -0.4 is 10.1 Å². The topological polar surface area (TPSA) is 59.9 Å². The maximum Gasteiger partial charge on any atom is 0.234 e. The normalized spacial score (nSPS) is 10.4. The Morgan fingerprint density at radius 3 is 2.67 bits per heavy atom. The van der Waals surface area contributed by atoms with E-state index in [-0.39, 0.29) is 0 Å². The van der Waals surface area contributed by atoms with Crippen LogP contribution >= 0.6 is 11.3 Å². The standard InChI is InChI=1S/C15H14N4OS/c1-10-17-14(20-2)13(21-10)12-8-9-16-15(19-12)18-11-6-4-3-5-7-11/h3-9H,1-2H3,(H,16,18,19). The van der Waals surface area contributed by atoms with Crippen LogP contribution in [0.1, 0.15) is 5.01 Å². The lowest BCUT2D eigenvalue weighted by Gasteiger charge is -2.06. The summed E-state index contributed by atoms with van der Waals surface area (Å²) in [4.78, 5) is 14.0. The molecule has 0 amide bonds. The van der Waals surface area contributed by atoms with Gasteiger partial charge in [-0.1, -0.05) is 18.2 Å². The molecule has 0 saturated heterocycles. The molecular weight excluding hydrogens is 284 g/mol. The highest BCUT2D eigenvalue weighted by Crippen LogP contribution is 2.34. The summed E-state index contributed by atoms with van der Waals surface area (Å²) in [7, 11) is 1.61. The molecule has 0 bridgehead atoms. The molecular formula is C15H14N4OS. The smallest absolute Gasteiger partial charge is 0.234 e. The van der Waals surface area contributed by atoms with E-state index >= 15 is 0 Å². The third kappa shape index (κ3) is 3.00. The van der Waals surface area contributed by atoms with Gasteiger partial charge in [0, 0.05) is 11.9 Å². The second kappa shape index (κ2) is 5.88. The number of rotatable bonds is 4. The number of hydrogen-bond acceptors (Lipinski definition) is 6. The van der Waals surface area contributed by atoms with Gasteiger partial charge in [0.1, 0.15) is 4.88 Å². The van der Waals surface area contributed by atoms with Gasteiger partial charge in [0.05, 0.1) is 17.8 Å². The number of nitrogens with zero attached hydrogens (tertiary/aromatic N) is 3. The quantitative estimate of drug-likeness (QED) is 0.796. The molecule has 5 nitrogen and oxygen atoms in total. The van der Waals surface area contributed by atoms with E-state index in [2.05, 4.69) is 20.3 Å². The maximum atomic E-state index is 5.30. The Balaban J connectivity index is 1.93. The molecule has 2 heterocycles. The van der Waals surface area contributed by atoms with Gasteiger partial charge in [-0.3, -0.25) is 0 Å². The van der Waals surface area contributed by atoms with Crippen molar-refractivity contribution < 1.29 is 4.74 Å². The number of benzene rings is 1. The fraction of sp³-hybridized carbons (Fsp3) is 0.133. The van der Waals surface area contributed by atoms with Gasteiger partial charge >= 0.3 is 0 Å². The third-order valence-corrected chi connectivity index (χ3v) is 3.79. The monoisotopic (exact) mass is 298 g/mol. The summed E-state index contributed by atoms with van der Waals surface area (Å²) in [6, 6.07) is 11.7. The summed E-state index contributed by atoms with van der Waals surface area (Å²) in [6.45, 7) is 1.95. The fourth-order valence-electron chi connectivity index (χ4n) is 1.90. The van der Waals surface area contributed by atoms with Crippen molar-refractivity contribution in [1.82, 2.24) is 15.0 Å². The predicted molar refractivity (Wildman–Crippen MR) is 84.2 cm³/mol. The Labute approximate surface area is 126 Å². The minimum absolute atomic E-state index is 0.548. The summed E-state index contributed by atoms with van der Waals surface area (Å²) < 4.78 is 5.30. The Morgan fingerprint density at radius 2 is 1.90 bits per heavy atom. The van der Waals surface area contributed by atoms with Crippen molar-refractivity contribution in [2.45, 2.75) is 6.92 Å². The number of nitrogens with one attached hydrogen (secondary N) is 1. The number of thiazole rings is 1. The van der Waals surface area contributed by atoms with E-state index in [0.717, 1.165) is 21.3 Å². The Morgan fingerprint density at radius 1 is 1.10 bits per heavy atom. The summed E-state index contributed by atoms with van der Waals surface area (Å²) in [6.07, 6.45) is 1.72. The summed E-state index contributed by atoms with van der Waals surface area (Å²) >= 11 is 1.55. The molecule has 0 aliphatic rings. The highest BCUT2D eigenvalue weighted by molar-refractivity contribution is 7.15. The number of aryl methyl sites for hydroxylation is 1. The molecule has 0 saturated carbocycles. The van der Waals surface area contributed by atoms with Crippen molar-refractivity contribution in [3.63, 3.8) is 0 Å². The molecule has 3 rings (SSSR count). The molecule has 6 heteroatoms. The molecule has 1 N–H and O–H groups in total. The van der Waals surface area contributed by atoms with Crippen LogP contribution in [0.25, 0.3) is 10.6 Å². The zero-order valence-electron chi connectivity index (χ0n) is 11.7. The van der Waals surface area contributed by atoms with Crippen LogP contribution in [-0.2, 0) is 0 Å². The van der Waals surface area contributed by atoms with E-state index in [1.807, 2.05) is 43.3 Å². The largest absolute Gasteiger partial charge is 0.480 e. The Hall–Kier alpha value is -2.47. The lowest BCUT2D eigenvalue weighted by Crippen LogP contribution is -1.97. The van der Waals surface area contributed by atoms with Crippen molar-refractivity contribution in [3.05, 3.63) is 47.6 Å². The molecule has 0 unspecified atom stereocenters. The van der Waals surface area contributed by atoms with Crippen LogP contribution in [0.5, 0.6) is 5.88 Å². The number of aromatic nitrogens is 3. The summed E-state index contributed by atoms with van der Waals surface area (Å²) in [5.41, 5.74) is 1.74. The van der Waals surface area contributed by atoms with E-state index in [0.29, 0.717) is 11.8 Å². The van der Waals surface area contributed by atoms with Crippen LogP contribution in [-0.4, -0.2) is 22.1 Å². The first-order valence-corrected chi connectivity index (χ1v) is 7.25. The lowest BCUT2D eigenvalue weighted by molar-refractivity contribution is 0.401. The second-order valence-electron chi connectivity index (χ2n) is 4.33. The summed E-state index contributed by atoms with van der Waals surface area (Å²) in [5, 5.41) is 4.12. The molecule has 0 radical (unpaired) electrons. The van der Waals surface area contributed by atoms with Crippen LogP contribution in [0.15, 0.2) is 42.6 Å².